The standard InChI is InChI=1S/C19H19N3O3S/c1-22(12-14-6-4-3-5-7-14)17(23)13-26-19-21-20-18(25-19)15-8-10-16(24-2)11-9-15/h3-11H,12-13H2,1-2H3. The predicted molar refractivity (Wildman–Crippen MR) is 99.9 cm³/mol. The lowest BCUT2D eigenvalue weighted by Crippen LogP contribution is -2.27. The molecule has 0 saturated carbocycles. The van der Waals surface area contributed by atoms with Gasteiger partial charge in [-0.2, -0.15) is 0 Å². The molecule has 0 bridgehead atoms. The van der Waals surface area contributed by atoms with Crippen LogP contribution in [0.25, 0.3) is 11.5 Å². The van der Waals surface area contributed by atoms with E-state index in [0.717, 1.165) is 16.9 Å². The van der Waals surface area contributed by atoms with Gasteiger partial charge in [-0.05, 0) is 29.8 Å². The van der Waals surface area contributed by atoms with E-state index in [4.69, 9.17) is 9.15 Å². The molecule has 1 aromatic heterocycles. The molecule has 0 aliphatic heterocycles. The normalized spacial score (nSPS) is 10.5. The second kappa shape index (κ2) is 8.53. The summed E-state index contributed by atoms with van der Waals surface area (Å²) in [6.45, 7) is 0.571. The number of thioether (sulfide) groups is 1. The van der Waals surface area contributed by atoms with Crippen molar-refractivity contribution in [1.29, 1.82) is 0 Å². The summed E-state index contributed by atoms with van der Waals surface area (Å²) >= 11 is 1.23. The third-order valence-electron chi connectivity index (χ3n) is 3.75. The van der Waals surface area contributed by atoms with E-state index < -0.39 is 0 Å². The first-order valence-electron chi connectivity index (χ1n) is 8.04. The minimum absolute atomic E-state index is 0.00282. The number of ether oxygens (including phenoxy) is 1. The second-order valence-electron chi connectivity index (χ2n) is 5.63. The fraction of sp³-hybridized carbons (Fsp3) is 0.211. The SMILES string of the molecule is COc1ccc(-c2nnc(SCC(=O)N(C)Cc3ccccc3)o2)cc1. The lowest BCUT2D eigenvalue weighted by Gasteiger charge is -2.16. The molecule has 3 rings (SSSR count). The van der Waals surface area contributed by atoms with Crippen molar-refractivity contribution in [2.75, 3.05) is 19.9 Å². The lowest BCUT2D eigenvalue weighted by atomic mass is 10.2. The summed E-state index contributed by atoms with van der Waals surface area (Å²) in [7, 11) is 3.40. The number of carbonyl (C=O) groups excluding carboxylic acids is 1. The minimum atomic E-state index is 0.00282. The predicted octanol–water partition coefficient (Wildman–Crippen LogP) is 3.50. The first-order chi connectivity index (χ1) is 12.7. The molecule has 26 heavy (non-hydrogen) atoms. The fourth-order valence-corrected chi connectivity index (χ4v) is 3.00. The molecule has 0 aliphatic carbocycles. The number of hydrogen-bond acceptors (Lipinski definition) is 6. The molecular weight excluding hydrogens is 350 g/mol. The summed E-state index contributed by atoms with van der Waals surface area (Å²) < 4.78 is 10.7. The van der Waals surface area contributed by atoms with Crippen LogP contribution >= 0.6 is 11.8 Å². The third-order valence-corrected chi connectivity index (χ3v) is 4.55. The number of rotatable bonds is 7. The molecule has 134 valence electrons. The van der Waals surface area contributed by atoms with Crippen molar-refractivity contribution in [3.05, 3.63) is 60.2 Å². The number of benzene rings is 2. The molecule has 0 fully saturated rings. The first-order valence-corrected chi connectivity index (χ1v) is 9.03. The molecule has 6 nitrogen and oxygen atoms in total. The van der Waals surface area contributed by atoms with Crippen molar-refractivity contribution in [2.24, 2.45) is 0 Å². The van der Waals surface area contributed by atoms with Gasteiger partial charge in [0, 0.05) is 19.2 Å². The van der Waals surface area contributed by atoms with Crippen molar-refractivity contribution in [2.45, 2.75) is 11.8 Å². The van der Waals surface area contributed by atoms with Gasteiger partial charge < -0.3 is 14.1 Å². The Bertz CT molecular complexity index is 850. The fourth-order valence-electron chi connectivity index (χ4n) is 2.30. The van der Waals surface area contributed by atoms with E-state index in [-0.39, 0.29) is 11.7 Å². The number of carbonyl (C=O) groups is 1. The summed E-state index contributed by atoms with van der Waals surface area (Å²) in [4.78, 5) is 14.0. The van der Waals surface area contributed by atoms with Crippen molar-refractivity contribution in [3.8, 4) is 17.2 Å². The largest absolute Gasteiger partial charge is 0.497 e. The molecule has 1 heterocycles. The van der Waals surface area contributed by atoms with Gasteiger partial charge in [-0.3, -0.25) is 4.79 Å². The zero-order valence-corrected chi connectivity index (χ0v) is 15.4. The molecular formula is C19H19N3O3S. The number of aromatic nitrogens is 2. The van der Waals surface area contributed by atoms with Crippen LogP contribution in [0.5, 0.6) is 5.75 Å². The average molecular weight is 369 g/mol. The molecule has 0 aliphatic rings. The van der Waals surface area contributed by atoms with E-state index >= 15 is 0 Å². The summed E-state index contributed by atoms with van der Waals surface area (Å²) in [5.41, 5.74) is 1.89. The van der Waals surface area contributed by atoms with Crippen LogP contribution in [0.15, 0.2) is 64.2 Å². The molecule has 0 spiro atoms. The quantitative estimate of drug-likeness (QED) is 0.594. The van der Waals surface area contributed by atoms with Gasteiger partial charge in [-0.15, -0.1) is 10.2 Å². The van der Waals surface area contributed by atoms with Crippen LogP contribution in [0.1, 0.15) is 5.56 Å². The van der Waals surface area contributed by atoms with Crippen LogP contribution in [-0.4, -0.2) is 40.9 Å². The van der Waals surface area contributed by atoms with Crippen LogP contribution in [0.2, 0.25) is 0 Å². The maximum absolute atomic E-state index is 12.3. The van der Waals surface area contributed by atoms with Gasteiger partial charge in [0.2, 0.25) is 11.8 Å². The van der Waals surface area contributed by atoms with Crippen LogP contribution in [0, 0.1) is 0 Å². The highest BCUT2D eigenvalue weighted by atomic mass is 32.2. The number of methoxy groups -OCH3 is 1. The van der Waals surface area contributed by atoms with Crippen molar-refractivity contribution >= 4 is 17.7 Å². The Kier molecular flexibility index (Phi) is 5.91. The van der Waals surface area contributed by atoms with Gasteiger partial charge in [0.05, 0.1) is 12.9 Å². The Balaban J connectivity index is 1.54. The maximum atomic E-state index is 12.3. The Morgan fingerprint density at radius 3 is 2.54 bits per heavy atom. The summed E-state index contributed by atoms with van der Waals surface area (Å²) in [6.07, 6.45) is 0. The van der Waals surface area contributed by atoms with E-state index in [1.165, 1.54) is 11.8 Å². The summed E-state index contributed by atoms with van der Waals surface area (Å²) in [5.74, 6) is 1.42. The topological polar surface area (TPSA) is 68.5 Å². The Hall–Kier alpha value is -2.80. The molecule has 0 unspecified atom stereocenters. The van der Waals surface area contributed by atoms with Crippen molar-refractivity contribution < 1.29 is 13.9 Å². The van der Waals surface area contributed by atoms with E-state index in [1.807, 2.05) is 54.6 Å². The highest BCUT2D eigenvalue weighted by Gasteiger charge is 2.14. The van der Waals surface area contributed by atoms with Crippen molar-refractivity contribution in [1.82, 2.24) is 15.1 Å². The molecule has 0 atom stereocenters. The molecule has 3 aromatic rings. The molecule has 0 radical (unpaired) electrons. The highest BCUT2D eigenvalue weighted by Crippen LogP contribution is 2.25. The Morgan fingerprint density at radius 2 is 1.85 bits per heavy atom. The van der Waals surface area contributed by atoms with Gasteiger partial charge in [-0.25, -0.2) is 0 Å². The maximum Gasteiger partial charge on any atom is 0.277 e. The summed E-state index contributed by atoms with van der Waals surface area (Å²) in [6, 6.07) is 17.2. The highest BCUT2D eigenvalue weighted by molar-refractivity contribution is 7.99. The van der Waals surface area contributed by atoms with Crippen LogP contribution in [0.4, 0.5) is 0 Å². The first kappa shape index (κ1) is 18.0. The number of hydrogen-bond donors (Lipinski definition) is 0. The Labute approximate surface area is 156 Å². The molecule has 0 saturated heterocycles. The van der Waals surface area contributed by atoms with E-state index in [9.17, 15) is 4.79 Å². The number of amides is 1. The van der Waals surface area contributed by atoms with Gasteiger partial charge in [0.1, 0.15) is 5.75 Å². The number of nitrogens with zero attached hydrogens (tertiary/aromatic N) is 3. The lowest BCUT2D eigenvalue weighted by molar-refractivity contribution is -0.127. The van der Waals surface area contributed by atoms with E-state index in [2.05, 4.69) is 10.2 Å². The van der Waals surface area contributed by atoms with Crippen LogP contribution < -0.4 is 4.74 Å². The van der Waals surface area contributed by atoms with Gasteiger partial charge in [-0.1, -0.05) is 42.1 Å². The molecule has 2 aromatic carbocycles. The Morgan fingerprint density at radius 1 is 1.12 bits per heavy atom. The molecule has 0 N–H and O–H groups in total. The monoisotopic (exact) mass is 369 g/mol. The average Bonchev–Trinajstić information content (AvgIpc) is 3.16. The minimum Gasteiger partial charge on any atom is -0.497 e. The van der Waals surface area contributed by atoms with Gasteiger partial charge >= 0.3 is 0 Å². The zero-order chi connectivity index (χ0) is 18.4. The van der Waals surface area contributed by atoms with Gasteiger partial charge in [0.25, 0.3) is 5.22 Å². The smallest absolute Gasteiger partial charge is 0.277 e. The summed E-state index contributed by atoms with van der Waals surface area (Å²) in [5, 5.41) is 8.40. The van der Waals surface area contributed by atoms with E-state index in [1.54, 1.807) is 19.1 Å². The third kappa shape index (κ3) is 4.64. The van der Waals surface area contributed by atoms with Crippen LogP contribution in [0.3, 0.4) is 0 Å². The van der Waals surface area contributed by atoms with E-state index in [0.29, 0.717) is 17.7 Å². The zero-order valence-electron chi connectivity index (χ0n) is 14.6. The molecule has 7 heteroatoms. The second-order valence-corrected chi connectivity index (χ2v) is 6.55. The van der Waals surface area contributed by atoms with Gasteiger partial charge in [0.15, 0.2) is 0 Å². The van der Waals surface area contributed by atoms with Crippen LogP contribution in [-0.2, 0) is 11.3 Å². The van der Waals surface area contributed by atoms with Crippen molar-refractivity contribution in [3.63, 3.8) is 0 Å². The molecule has 1 amide bonds.